The van der Waals surface area contributed by atoms with Crippen molar-refractivity contribution < 1.29 is 33.1 Å². The Morgan fingerprint density at radius 2 is 1.69 bits per heavy atom. The van der Waals surface area contributed by atoms with Gasteiger partial charge < -0.3 is 19.1 Å². The summed E-state index contributed by atoms with van der Waals surface area (Å²) in [6, 6.07) is 7.72. The van der Waals surface area contributed by atoms with E-state index >= 15 is 4.39 Å². The Bertz CT molecular complexity index is 1390. The second-order valence-corrected chi connectivity index (χ2v) is 11.2. The number of aromatic nitrogens is 2. The van der Waals surface area contributed by atoms with E-state index in [1.807, 2.05) is 0 Å². The summed E-state index contributed by atoms with van der Waals surface area (Å²) in [7, 11) is 0. The van der Waals surface area contributed by atoms with E-state index < -0.39 is 41.7 Å². The summed E-state index contributed by atoms with van der Waals surface area (Å²) in [5.41, 5.74) is -0.925. The van der Waals surface area contributed by atoms with Crippen LogP contribution < -0.4 is 0 Å². The highest BCUT2D eigenvalue weighted by molar-refractivity contribution is 6.30. The van der Waals surface area contributed by atoms with E-state index in [1.165, 1.54) is 12.3 Å². The van der Waals surface area contributed by atoms with Crippen molar-refractivity contribution in [3.8, 4) is 11.1 Å². The molecule has 1 unspecified atom stereocenters. The molecule has 0 aliphatic carbocycles. The van der Waals surface area contributed by atoms with Crippen molar-refractivity contribution in [3.63, 3.8) is 0 Å². The maximum Gasteiger partial charge on any atom is 0.434 e. The summed E-state index contributed by atoms with van der Waals surface area (Å²) in [5.74, 6) is -1.70. The third-order valence-electron chi connectivity index (χ3n) is 5.15. The van der Waals surface area contributed by atoms with E-state index in [0.717, 1.165) is 0 Å². The molecule has 2 aromatic heterocycles. The fourth-order valence-electron chi connectivity index (χ4n) is 3.70. The molecule has 9 nitrogen and oxygen atoms in total. The predicted octanol–water partition coefficient (Wildman–Crippen LogP) is 6.38. The van der Waals surface area contributed by atoms with Crippen LogP contribution in [0.4, 0.5) is 9.18 Å². The number of esters is 1. The first-order chi connectivity index (χ1) is 18.1. The molecule has 3 rings (SSSR count). The van der Waals surface area contributed by atoms with Crippen molar-refractivity contribution >= 4 is 29.4 Å². The Morgan fingerprint density at radius 3 is 2.28 bits per heavy atom. The fraction of sp³-hybridized carbons (Fsp3) is 0.393. The molecule has 1 N–H and O–H groups in total. The maximum absolute atomic E-state index is 15.2. The number of benzene rings is 1. The van der Waals surface area contributed by atoms with Gasteiger partial charge in [-0.05, 0) is 77.8 Å². The highest BCUT2D eigenvalue weighted by Crippen LogP contribution is 2.37. The SMILES string of the molecule is Cc1noc(C(CC(=O)OC(C)(C)C)=NC(=O)OC(C)(C)C)c1-c1ccnc(F)c1C(O)c1ccc(Cl)cc1. The van der Waals surface area contributed by atoms with Crippen LogP contribution in [0.2, 0.25) is 5.02 Å². The summed E-state index contributed by atoms with van der Waals surface area (Å²) in [5, 5.41) is 15.6. The second kappa shape index (κ2) is 11.6. The molecule has 3 aromatic rings. The number of hydrogen-bond acceptors (Lipinski definition) is 8. The summed E-state index contributed by atoms with van der Waals surface area (Å²) in [6.45, 7) is 11.7. The molecule has 11 heteroatoms. The molecule has 0 spiro atoms. The Morgan fingerprint density at radius 1 is 1.08 bits per heavy atom. The number of nitrogens with zero attached hydrogens (tertiary/aromatic N) is 3. The molecule has 0 fully saturated rings. The molecule has 0 bridgehead atoms. The van der Waals surface area contributed by atoms with E-state index in [9.17, 15) is 14.7 Å². The zero-order valence-corrected chi connectivity index (χ0v) is 23.6. The van der Waals surface area contributed by atoms with Gasteiger partial charge in [-0.15, -0.1) is 0 Å². The standard InChI is InChI=1S/C28H31ClFN3O6/c1-15-21(18-12-13-31-25(30)22(18)23(35)16-8-10-17(29)11-9-16)24(39-33-15)19(14-20(34)37-27(2,3)4)32-26(36)38-28(5,6)7/h8-13,23,35H,14H2,1-7H3. The molecule has 1 atom stereocenters. The van der Waals surface area contributed by atoms with E-state index in [0.29, 0.717) is 16.3 Å². The lowest BCUT2D eigenvalue weighted by molar-refractivity contribution is -0.153. The smallest absolute Gasteiger partial charge is 0.434 e. The fourth-order valence-corrected chi connectivity index (χ4v) is 3.83. The van der Waals surface area contributed by atoms with Gasteiger partial charge in [-0.1, -0.05) is 28.9 Å². The second-order valence-electron chi connectivity index (χ2n) is 10.8. The van der Waals surface area contributed by atoms with Gasteiger partial charge >= 0.3 is 12.1 Å². The Kier molecular flexibility index (Phi) is 8.92. The number of carbonyl (C=O) groups excluding carboxylic acids is 2. The van der Waals surface area contributed by atoms with Gasteiger partial charge in [-0.3, -0.25) is 4.79 Å². The highest BCUT2D eigenvalue weighted by Gasteiger charge is 2.30. The van der Waals surface area contributed by atoms with Crippen molar-refractivity contribution in [1.82, 2.24) is 10.1 Å². The largest absolute Gasteiger partial charge is 0.460 e. The van der Waals surface area contributed by atoms with Gasteiger partial charge in [0.25, 0.3) is 0 Å². The third kappa shape index (κ3) is 7.93. The molecule has 2 heterocycles. The average Bonchev–Trinajstić information content (AvgIpc) is 3.17. The zero-order chi connectivity index (χ0) is 29.1. The van der Waals surface area contributed by atoms with Gasteiger partial charge in [0.05, 0.1) is 17.7 Å². The molecule has 0 aliphatic heterocycles. The first kappa shape index (κ1) is 29.9. The molecule has 1 amide bonds. The Hall–Kier alpha value is -3.63. The molecular weight excluding hydrogens is 529 g/mol. The van der Waals surface area contributed by atoms with Crippen LogP contribution >= 0.6 is 11.6 Å². The number of amides is 1. The molecule has 0 saturated carbocycles. The van der Waals surface area contributed by atoms with Crippen LogP contribution in [0.25, 0.3) is 11.1 Å². The van der Waals surface area contributed by atoms with Crippen molar-refractivity contribution in [2.45, 2.75) is 72.2 Å². The molecule has 39 heavy (non-hydrogen) atoms. The van der Waals surface area contributed by atoms with Crippen molar-refractivity contribution in [1.29, 1.82) is 0 Å². The van der Waals surface area contributed by atoms with Crippen LogP contribution in [0, 0.1) is 12.9 Å². The zero-order valence-electron chi connectivity index (χ0n) is 22.8. The number of aliphatic hydroxyl groups excluding tert-OH is 1. The van der Waals surface area contributed by atoms with Crippen LogP contribution in [0.15, 0.2) is 46.0 Å². The highest BCUT2D eigenvalue weighted by atomic mass is 35.5. The molecule has 1 aromatic carbocycles. The summed E-state index contributed by atoms with van der Waals surface area (Å²) in [4.78, 5) is 33.1. The third-order valence-corrected chi connectivity index (χ3v) is 5.40. The molecule has 0 radical (unpaired) electrons. The van der Waals surface area contributed by atoms with Crippen LogP contribution in [-0.4, -0.2) is 44.2 Å². The Balaban J connectivity index is 2.18. The molecule has 0 saturated heterocycles. The van der Waals surface area contributed by atoms with E-state index in [4.69, 9.17) is 25.6 Å². The van der Waals surface area contributed by atoms with Crippen LogP contribution in [0.1, 0.15) is 76.6 Å². The number of aryl methyl sites for hydroxylation is 1. The minimum atomic E-state index is -1.44. The maximum atomic E-state index is 15.2. The van der Waals surface area contributed by atoms with Gasteiger partial charge in [0, 0.05) is 16.8 Å². The lowest BCUT2D eigenvalue weighted by atomic mass is 9.92. The normalized spacial score (nSPS) is 13.2. The number of pyridine rings is 1. The quantitative estimate of drug-likeness (QED) is 0.210. The summed E-state index contributed by atoms with van der Waals surface area (Å²) >= 11 is 5.97. The monoisotopic (exact) mass is 559 g/mol. The average molecular weight is 560 g/mol. The van der Waals surface area contributed by atoms with Crippen LogP contribution in [-0.2, 0) is 14.3 Å². The van der Waals surface area contributed by atoms with Crippen LogP contribution in [0.3, 0.4) is 0 Å². The number of aliphatic imine (C=N–C) groups is 1. The number of rotatable bonds is 6. The number of ether oxygens (including phenoxy) is 2. The van der Waals surface area contributed by atoms with Gasteiger partial charge in [-0.2, -0.15) is 9.38 Å². The lowest BCUT2D eigenvalue weighted by Gasteiger charge is -2.20. The minimum Gasteiger partial charge on any atom is -0.460 e. The van der Waals surface area contributed by atoms with Crippen molar-refractivity contribution in [3.05, 3.63) is 70.1 Å². The minimum absolute atomic E-state index is 0.0839. The summed E-state index contributed by atoms with van der Waals surface area (Å²) < 4.78 is 31.4. The first-order valence-electron chi connectivity index (χ1n) is 12.1. The topological polar surface area (TPSA) is 124 Å². The molecule has 0 aliphatic rings. The summed E-state index contributed by atoms with van der Waals surface area (Å²) in [6.07, 6.45) is -1.66. The van der Waals surface area contributed by atoms with Crippen molar-refractivity contribution in [2.75, 3.05) is 0 Å². The van der Waals surface area contributed by atoms with E-state index in [-0.39, 0.29) is 28.2 Å². The predicted molar refractivity (Wildman–Crippen MR) is 143 cm³/mol. The first-order valence-corrected chi connectivity index (χ1v) is 12.5. The number of halogens is 2. The van der Waals surface area contributed by atoms with Gasteiger partial charge in [0.15, 0.2) is 5.76 Å². The number of aliphatic hydroxyl groups is 1. The van der Waals surface area contributed by atoms with E-state index in [1.54, 1.807) is 72.7 Å². The number of hydrogen-bond donors (Lipinski definition) is 1. The molecular formula is C28H31ClFN3O6. The van der Waals surface area contributed by atoms with E-state index in [2.05, 4.69) is 15.1 Å². The van der Waals surface area contributed by atoms with Crippen LogP contribution in [0.5, 0.6) is 0 Å². The number of carbonyl (C=O) groups is 2. The van der Waals surface area contributed by atoms with Gasteiger partial charge in [-0.25, -0.2) is 9.78 Å². The lowest BCUT2D eigenvalue weighted by Crippen LogP contribution is -2.26. The Labute approximate surface area is 231 Å². The van der Waals surface area contributed by atoms with Crippen molar-refractivity contribution in [2.24, 2.45) is 4.99 Å². The van der Waals surface area contributed by atoms with Gasteiger partial charge in [0.1, 0.15) is 23.0 Å². The van der Waals surface area contributed by atoms with Gasteiger partial charge in [0.2, 0.25) is 5.95 Å². The molecule has 208 valence electrons.